The molecule has 0 spiro atoms. The van der Waals surface area contributed by atoms with Gasteiger partial charge in [-0.2, -0.15) is 0 Å². The van der Waals surface area contributed by atoms with E-state index in [-0.39, 0.29) is 17.5 Å². The zero-order valence-electron chi connectivity index (χ0n) is 14.5. The Kier molecular flexibility index (Phi) is 4.22. The van der Waals surface area contributed by atoms with Crippen LogP contribution in [0, 0.1) is 11.3 Å². The van der Waals surface area contributed by atoms with Crippen LogP contribution in [0.1, 0.15) is 51.5 Å². The second-order valence-electron chi connectivity index (χ2n) is 7.51. The van der Waals surface area contributed by atoms with Crippen LogP contribution in [-0.4, -0.2) is 19.2 Å². The molecule has 1 fully saturated rings. The maximum absolute atomic E-state index is 11.4. The van der Waals surface area contributed by atoms with Crippen molar-refractivity contribution in [2.75, 3.05) is 7.11 Å². The normalized spacial score (nSPS) is 28.7. The lowest BCUT2D eigenvalue weighted by Gasteiger charge is -2.44. The summed E-state index contributed by atoms with van der Waals surface area (Å²) < 4.78 is 10.8. The van der Waals surface area contributed by atoms with E-state index in [0.29, 0.717) is 11.8 Å². The maximum atomic E-state index is 11.4. The highest BCUT2D eigenvalue weighted by Crippen LogP contribution is 2.54. The molecule has 1 aromatic carbocycles. The van der Waals surface area contributed by atoms with Crippen molar-refractivity contribution in [2.24, 2.45) is 11.3 Å². The number of methoxy groups -OCH3 is 1. The highest BCUT2D eigenvalue weighted by Gasteiger charge is 2.47. The smallest absolute Gasteiger partial charge is 0.302 e. The molecule has 3 rings (SSSR count). The number of esters is 1. The maximum Gasteiger partial charge on any atom is 0.302 e. The van der Waals surface area contributed by atoms with Crippen LogP contribution in [0.4, 0.5) is 0 Å². The fraction of sp³-hybridized carbons (Fsp3) is 0.550. The van der Waals surface area contributed by atoms with Gasteiger partial charge in [-0.05, 0) is 41.9 Å². The Bertz CT molecular complexity index is 612. The minimum atomic E-state index is -0.169. The van der Waals surface area contributed by atoms with Crippen LogP contribution >= 0.6 is 0 Å². The number of fused-ring (bicyclic) bond motifs is 1. The Morgan fingerprint density at radius 3 is 2.52 bits per heavy atom. The molecule has 3 nitrogen and oxygen atoms in total. The van der Waals surface area contributed by atoms with Crippen LogP contribution in [0.25, 0.3) is 0 Å². The molecule has 0 N–H and O–H groups in total. The molecule has 1 aromatic rings. The number of hydrogen-bond donors (Lipinski definition) is 0. The molecule has 0 radical (unpaired) electrons. The zero-order chi connectivity index (χ0) is 16.6. The van der Waals surface area contributed by atoms with Gasteiger partial charge in [0.1, 0.15) is 11.9 Å². The first-order valence-electron chi connectivity index (χ1n) is 8.41. The van der Waals surface area contributed by atoms with Crippen LogP contribution < -0.4 is 4.74 Å². The molecule has 0 unspecified atom stereocenters. The van der Waals surface area contributed by atoms with Gasteiger partial charge < -0.3 is 9.47 Å². The summed E-state index contributed by atoms with van der Waals surface area (Å²) >= 11 is 0. The van der Waals surface area contributed by atoms with Gasteiger partial charge in [-0.15, -0.1) is 0 Å². The average Bonchev–Trinajstić information content (AvgIpc) is 2.90. The van der Waals surface area contributed by atoms with Crippen molar-refractivity contribution in [2.45, 2.75) is 52.1 Å². The molecule has 0 saturated heterocycles. The van der Waals surface area contributed by atoms with E-state index in [1.807, 2.05) is 12.1 Å². The molecule has 124 valence electrons. The summed E-state index contributed by atoms with van der Waals surface area (Å²) in [5.74, 6) is 1.62. The Morgan fingerprint density at radius 1 is 1.22 bits per heavy atom. The third kappa shape index (κ3) is 3.15. The van der Waals surface area contributed by atoms with E-state index >= 15 is 0 Å². The molecule has 0 heterocycles. The van der Waals surface area contributed by atoms with Gasteiger partial charge in [0, 0.05) is 19.3 Å². The minimum Gasteiger partial charge on any atom is -0.497 e. The summed E-state index contributed by atoms with van der Waals surface area (Å²) in [6.45, 7) is 6.12. The third-order valence-corrected chi connectivity index (χ3v) is 5.38. The quantitative estimate of drug-likeness (QED) is 0.609. The molecule has 1 saturated carbocycles. The third-order valence-electron chi connectivity index (χ3n) is 5.38. The Labute approximate surface area is 138 Å². The number of carbonyl (C=O) groups excluding carboxylic acids is 1. The van der Waals surface area contributed by atoms with Gasteiger partial charge in [-0.25, -0.2) is 0 Å². The van der Waals surface area contributed by atoms with Crippen molar-refractivity contribution in [1.29, 1.82) is 0 Å². The molecule has 23 heavy (non-hydrogen) atoms. The number of rotatable bonds is 3. The van der Waals surface area contributed by atoms with Crippen molar-refractivity contribution in [3.05, 3.63) is 41.5 Å². The van der Waals surface area contributed by atoms with Crippen molar-refractivity contribution in [3.8, 4) is 5.75 Å². The van der Waals surface area contributed by atoms with Crippen LogP contribution in [0.3, 0.4) is 0 Å². The van der Waals surface area contributed by atoms with Gasteiger partial charge >= 0.3 is 5.97 Å². The van der Waals surface area contributed by atoms with Gasteiger partial charge in [0.15, 0.2) is 0 Å². The standard InChI is InChI=1S/C20H26O3/c1-13(21)23-18-10-7-15-11-16(12-20(2,3)19(15)18)14-5-8-17(22-4)9-6-14/h5-9,16,18-19H,10-12H2,1-4H3/t16-,18+,19+/m1/s1. The molecule has 3 heteroatoms. The van der Waals surface area contributed by atoms with E-state index in [9.17, 15) is 4.79 Å². The summed E-state index contributed by atoms with van der Waals surface area (Å²) in [7, 11) is 1.70. The predicted octanol–water partition coefficient (Wildman–Crippen LogP) is 4.48. The molecule has 0 aliphatic heterocycles. The fourth-order valence-electron chi connectivity index (χ4n) is 4.54. The molecule has 2 aliphatic rings. The van der Waals surface area contributed by atoms with Crippen molar-refractivity contribution in [1.82, 2.24) is 0 Å². The Morgan fingerprint density at radius 2 is 1.91 bits per heavy atom. The van der Waals surface area contributed by atoms with Gasteiger partial charge in [0.05, 0.1) is 7.11 Å². The van der Waals surface area contributed by atoms with E-state index < -0.39 is 0 Å². The van der Waals surface area contributed by atoms with E-state index in [4.69, 9.17) is 9.47 Å². The lowest BCUT2D eigenvalue weighted by Crippen LogP contribution is -2.39. The van der Waals surface area contributed by atoms with Crippen LogP contribution in [0.5, 0.6) is 5.75 Å². The SMILES string of the molecule is COc1ccc([C@@H]2CC3=CC[C@H](OC(C)=O)[C@H]3C(C)(C)C2)cc1. The van der Waals surface area contributed by atoms with E-state index in [2.05, 4.69) is 32.1 Å². The number of hydrogen-bond acceptors (Lipinski definition) is 3. The zero-order valence-corrected chi connectivity index (χ0v) is 14.5. The summed E-state index contributed by atoms with van der Waals surface area (Å²) in [6, 6.07) is 8.44. The highest BCUT2D eigenvalue weighted by atomic mass is 16.5. The summed E-state index contributed by atoms with van der Waals surface area (Å²) in [6.07, 6.45) is 5.36. The van der Waals surface area contributed by atoms with Crippen molar-refractivity contribution in [3.63, 3.8) is 0 Å². The van der Waals surface area contributed by atoms with Gasteiger partial charge in [0.2, 0.25) is 0 Å². The van der Waals surface area contributed by atoms with E-state index in [0.717, 1.165) is 25.0 Å². The number of benzene rings is 1. The number of ether oxygens (including phenoxy) is 2. The largest absolute Gasteiger partial charge is 0.497 e. The van der Waals surface area contributed by atoms with Gasteiger partial charge in [-0.1, -0.05) is 37.6 Å². The van der Waals surface area contributed by atoms with Crippen molar-refractivity contribution >= 4 is 5.97 Å². The van der Waals surface area contributed by atoms with Crippen LogP contribution in [0.15, 0.2) is 35.9 Å². The molecule has 0 aromatic heterocycles. The minimum absolute atomic E-state index is 0.0225. The second-order valence-corrected chi connectivity index (χ2v) is 7.51. The van der Waals surface area contributed by atoms with Gasteiger partial charge in [0.25, 0.3) is 0 Å². The molecular formula is C20H26O3. The van der Waals surface area contributed by atoms with E-state index in [1.165, 1.54) is 18.1 Å². The Balaban J connectivity index is 1.80. The molecular weight excluding hydrogens is 288 g/mol. The van der Waals surface area contributed by atoms with E-state index in [1.54, 1.807) is 7.11 Å². The summed E-state index contributed by atoms with van der Waals surface area (Å²) in [5, 5.41) is 0. The summed E-state index contributed by atoms with van der Waals surface area (Å²) in [5.41, 5.74) is 2.97. The predicted molar refractivity (Wildman–Crippen MR) is 90.5 cm³/mol. The Hall–Kier alpha value is -1.77. The van der Waals surface area contributed by atoms with Crippen LogP contribution in [0.2, 0.25) is 0 Å². The fourth-order valence-corrected chi connectivity index (χ4v) is 4.54. The van der Waals surface area contributed by atoms with Gasteiger partial charge in [-0.3, -0.25) is 4.79 Å². The molecule has 0 bridgehead atoms. The lowest BCUT2D eigenvalue weighted by molar-refractivity contribution is -0.150. The first kappa shape index (κ1) is 16.1. The lowest BCUT2D eigenvalue weighted by atomic mass is 9.61. The second kappa shape index (κ2) is 6.03. The topological polar surface area (TPSA) is 35.5 Å². The van der Waals surface area contributed by atoms with Crippen molar-refractivity contribution < 1.29 is 14.3 Å². The highest BCUT2D eigenvalue weighted by molar-refractivity contribution is 5.66. The molecule has 0 amide bonds. The van der Waals surface area contributed by atoms with Crippen LogP contribution in [-0.2, 0) is 9.53 Å². The summed E-state index contributed by atoms with van der Waals surface area (Å²) in [4.78, 5) is 11.4. The first-order chi connectivity index (χ1) is 10.9. The average molecular weight is 314 g/mol. The molecule has 3 atom stereocenters. The number of carbonyl (C=O) groups is 1. The first-order valence-corrected chi connectivity index (χ1v) is 8.41. The molecule has 2 aliphatic carbocycles. The monoisotopic (exact) mass is 314 g/mol.